The second kappa shape index (κ2) is 6.37. The lowest BCUT2D eigenvalue weighted by Crippen LogP contribution is -2.38. The Hall–Kier alpha value is -1.40. The highest BCUT2D eigenvalue weighted by Crippen LogP contribution is 2.27. The molecule has 2 N–H and O–H groups in total. The number of aryl methyl sites for hydroxylation is 1. The van der Waals surface area contributed by atoms with Crippen LogP contribution in [0, 0.1) is 6.92 Å². The van der Waals surface area contributed by atoms with Gasteiger partial charge < -0.3 is 10.4 Å². The van der Waals surface area contributed by atoms with Gasteiger partial charge in [-0.05, 0) is 53.4 Å². The molecule has 1 aliphatic carbocycles. The topological polar surface area (TPSA) is 69.6 Å². The predicted octanol–water partition coefficient (Wildman–Crippen LogP) is 2.25. The lowest BCUT2D eigenvalue weighted by atomic mass is 10.2. The summed E-state index contributed by atoms with van der Waals surface area (Å²) in [5.41, 5.74) is 1.80. The maximum atomic E-state index is 12.0. The van der Waals surface area contributed by atoms with Crippen LogP contribution in [0.5, 0.6) is 0 Å². The van der Waals surface area contributed by atoms with Crippen LogP contribution < -0.4 is 5.32 Å². The van der Waals surface area contributed by atoms with Crippen molar-refractivity contribution in [1.29, 1.82) is 0 Å². The number of hydrogen-bond acceptors (Lipinski definition) is 3. The SMILES string of the molecule is Cc1ccc(NC(=O)CN(CC(=O)O)C2CC2)c(Br)c1. The summed E-state index contributed by atoms with van der Waals surface area (Å²) in [7, 11) is 0. The summed E-state index contributed by atoms with van der Waals surface area (Å²) in [5, 5.41) is 11.7. The number of hydrogen-bond donors (Lipinski definition) is 2. The molecule has 0 bridgehead atoms. The molecule has 5 nitrogen and oxygen atoms in total. The summed E-state index contributed by atoms with van der Waals surface area (Å²) in [4.78, 5) is 24.5. The second-order valence-electron chi connectivity index (χ2n) is 5.06. The van der Waals surface area contributed by atoms with Gasteiger partial charge in [-0.2, -0.15) is 0 Å². The Balaban J connectivity index is 1.95. The van der Waals surface area contributed by atoms with Gasteiger partial charge in [0.05, 0.1) is 18.8 Å². The van der Waals surface area contributed by atoms with Crippen molar-refractivity contribution in [2.75, 3.05) is 18.4 Å². The second-order valence-corrected chi connectivity index (χ2v) is 5.92. The molecule has 1 aromatic carbocycles. The summed E-state index contributed by atoms with van der Waals surface area (Å²) in [5.74, 6) is -1.09. The number of carboxylic acids is 1. The molecule has 0 radical (unpaired) electrons. The highest BCUT2D eigenvalue weighted by atomic mass is 79.9. The van der Waals surface area contributed by atoms with E-state index in [0.717, 1.165) is 22.9 Å². The molecule has 0 aliphatic heterocycles. The largest absolute Gasteiger partial charge is 0.480 e. The Bertz CT molecular complexity index is 529. The highest BCUT2D eigenvalue weighted by molar-refractivity contribution is 9.10. The van der Waals surface area contributed by atoms with Gasteiger partial charge in [-0.15, -0.1) is 0 Å². The Labute approximate surface area is 126 Å². The standard InChI is InChI=1S/C14H17BrN2O3/c1-9-2-5-12(11(15)6-9)16-13(18)7-17(8-14(19)20)10-3-4-10/h2,5-6,10H,3-4,7-8H2,1H3,(H,16,18)(H,19,20). The number of carboxylic acid groups (broad SMARTS) is 1. The van der Waals surface area contributed by atoms with E-state index in [1.807, 2.05) is 25.1 Å². The van der Waals surface area contributed by atoms with Gasteiger partial charge in [0.15, 0.2) is 0 Å². The van der Waals surface area contributed by atoms with Crippen molar-refractivity contribution in [2.24, 2.45) is 0 Å². The summed E-state index contributed by atoms with van der Waals surface area (Å²) in [6.07, 6.45) is 1.93. The molecule has 0 spiro atoms. The third-order valence-electron chi connectivity index (χ3n) is 3.15. The van der Waals surface area contributed by atoms with E-state index in [2.05, 4.69) is 21.2 Å². The molecule has 20 heavy (non-hydrogen) atoms. The van der Waals surface area contributed by atoms with Crippen molar-refractivity contribution >= 4 is 33.5 Å². The van der Waals surface area contributed by atoms with Gasteiger partial charge in [0.25, 0.3) is 0 Å². The lowest BCUT2D eigenvalue weighted by molar-refractivity contribution is -0.138. The number of carbonyl (C=O) groups is 2. The summed E-state index contributed by atoms with van der Waals surface area (Å²) < 4.78 is 0.821. The van der Waals surface area contributed by atoms with E-state index in [0.29, 0.717) is 5.69 Å². The van der Waals surface area contributed by atoms with Crippen LogP contribution in [0.4, 0.5) is 5.69 Å². The van der Waals surface area contributed by atoms with Crippen molar-refractivity contribution < 1.29 is 14.7 Å². The van der Waals surface area contributed by atoms with Crippen LogP contribution in [-0.2, 0) is 9.59 Å². The zero-order chi connectivity index (χ0) is 14.7. The molecule has 6 heteroatoms. The minimum Gasteiger partial charge on any atom is -0.480 e. The van der Waals surface area contributed by atoms with Crippen LogP contribution in [0.2, 0.25) is 0 Å². The fraction of sp³-hybridized carbons (Fsp3) is 0.429. The van der Waals surface area contributed by atoms with E-state index in [4.69, 9.17) is 5.11 Å². The van der Waals surface area contributed by atoms with Gasteiger partial charge in [0.1, 0.15) is 0 Å². The van der Waals surface area contributed by atoms with Gasteiger partial charge in [-0.25, -0.2) is 0 Å². The minimum atomic E-state index is -0.902. The third kappa shape index (κ3) is 4.31. The molecule has 1 amide bonds. The van der Waals surface area contributed by atoms with Gasteiger partial charge in [-0.1, -0.05) is 6.07 Å². The molecule has 1 aliphatic rings. The van der Waals surface area contributed by atoms with Crippen LogP contribution in [0.25, 0.3) is 0 Å². The molecule has 0 heterocycles. The first-order chi connectivity index (χ1) is 9.45. The number of amides is 1. The van der Waals surface area contributed by atoms with E-state index < -0.39 is 5.97 Å². The first-order valence-corrected chi connectivity index (χ1v) is 7.27. The maximum Gasteiger partial charge on any atom is 0.317 e. The Morgan fingerprint density at radius 2 is 2.10 bits per heavy atom. The van der Waals surface area contributed by atoms with E-state index in [1.165, 1.54) is 0 Å². The number of aliphatic carboxylic acids is 1. The van der Waals surface area contributed by atoms with Crippen LogP contribution in [0.15, 0.2) is 22.7 Å². The monoisotopic (exact) mass is 340 g/mol. The van der Waals surface area contributed by atoms with E-state index in [9.17, 15) is 9.59 Å². The molecular formula is C14H17BrN2O3. The van der Waals surface area contributed by atoms with Crippen molar-refractivity contribution in [3.05, 3.63) is 28.2 Å². The first-order valence-electron chi connectivity index (χ1n) is 6.47. The van der Waals surface area contributed by atoms with E-state index in [-0.39, 0.29) is 25.0 Å². The number of nitrogens with one attached hydrogen (secondary N) is 1. The van der Waals surface area contributed by atoms with Gasteiger partial charge >= 0.3 is 5.97 Å². The number of carbonyl (C=O) groups excluding carboxylic acids is 1. The zero-order valence-electron chi connectivity index (χ0n) is 11.2. The number of benzene rings is 1. The van der Waals surface area contributed by atoms with Gasteiger partial charge in [0.2, 0.25) is 5.91 Å². The summed E-state index contributed by atoms with van der Waals surface area (Å²) >= 11 is 3.40. The average molecular weight is 341 g/mol. The van der Waals surface area contributed by atoms with Crippen LogP contribution in [-0.4, -0.2) is 41.0 Å². The normalized spacial score (nSPS) is 14.3. The molecule has 1 saturated carbocycles. The van der Waals surface area contributed by atoms with Crippen LogP contribution in [0.1, 0.15) is 18.4 Å². The van der Waals surface area contributed by atoms with Crippen molar-refractivity contribution in [1.82, 2.24) is 4.90 Å². The van der Waals surface area contributed by atoms with E-state index >= 15 is 0 Å². The van der Waals surface area contributed by atoms with Crippen LogP contribution in [0.3, 0.4) is 0 Å². The zero-order valence-corrected chi connectivity index (χ0v) is 12.8. The smallest absolute Gasteiger partial charge is 0.317 e. The lowest BCUT2D eigenvalue weighted by Gasteiger charge is -2.19. The molecule has 0 aromatic heterocycles. The van der Waals surface area contributed by atoms with Crippen LogP contribution >= 0.6 is 15.9 Å². The highest BCUT2D eigenvalue weighted by Gasteiger charge is 2.31. The molecule has 108 valence electrons. The molecule has 0 atom stereocenters. The molecule has 1 aromatic rings. The number of nitrogens with zero attached hydrogens (tertiary/aromatic N) is 1. The van der Waals surface area contributed by atoms with Gasteiger partial charge in [-0.3, -0.25) is 14.5 Å². The third-order valence-corrected chi connectivity index (χ3v) is 3.80. The van der Waals surface area contributed by atoms with Crippen molar-refractivity contribution in [3.63, 3.8) is 0 Å². The number of anilines is 1. The molecule has 1 fully saturated rings. The maximum absolute atomic E-state index is 12.0. The molecular weight excluding hydrogens is 324 g/mol. The molecule has 0 saturated heterocycles. The number of rotatable bonds is 6. The first kappa shape index (κ1) is 15.0. The summed E-state index contributed by atoms with van der Waals surface area (Å²) in [6.45, 7) is 1.99. The fourth-order valence-corrected chi connectivity index (χ4v) is 2.62. The van der Waals surface area contributed by atoms with E-state index in [1.54, 1.807) is 4.90 Å². The Morgan fingerprint density at radius 1 is 1.40 bits per heavy atom. The summed E-state index contributed by atoms with van der Waals surface area (Å²) in [6, 6.07) is 5.90. The van der Waals surface area contributed by atoms with Crippen molar-refractivity contribution in [3.8, 4) is 0 Å². The fourth-order valence-electron chi connectivity index (χ4n) is 2.02. The quantitative estimate of drug-likeness (QED) is 0.833. The van der Waals surface area contributed by atoms with Gasteiger partial charge in [0, 0.05) is 10.5 Å². The molecule has 0 unspecified atom stereocenters. The Morgan fingerprint density at radius 3 is 2.65 bits per heavy atom. The minimum absolute atomic E-state index is 0.0901. The predicted molar refractivity (Wildman–Crippen MR) is 79.7 cm³/mol. The van der Waals surface area contributed by atoms with Crippen molar-refractivity contribution in [2.45, 2.75) is 25.8 Å². The average Bonchev–Trinajstić information content (AvgIpc) is 3.15. The molecule has 2 rings (SSSR count). The Kier molecular flexibility index (Phi) is 4.77. The number of halogens is 1.